The third-order valence-corrected chi connectivity index (χ3v) is 4.22. The van der Waals surface area contributed by atoms with Gasteiger partial charge in [0.25, 0.3) is 0 Å². The van der Waals surface area contributed by atoms with Gasteiger partial charge in [-0.3, -0.25) is 4.99 Å². The molecular formula is C16H32IN3O2. The maximum absolute atomic E-state index is 10.3. The number of hydrogen-bond acceptors (Lipinski definition) is 3. The van der Waals surface area contributed by atoms with Gasteiger partial charge in [0.05, 0.1) is 12.1 Å². The normalized spacial score (nSPS) is 20.5. The zero-order valence-electron chi connectivity index (χ0n) is 13.8. The minimum atomic E-state index is -0.574. The molecule has 5 nitrogen and oxygen atoms in total. The van der Waals surface area contributed by atoms with Crippen molar-refractivity contribution >= 4 is 29.9 Å². The van der Waals surface area contributed by atoms with Crippen LogP contribution in [0.1, 0.15) is 51.9 Å². The van der Waals surface area contributed by atoms with E-state index in [1.54, 1.807) is 0 Å². The molecule has 2 rings (SSSR count). The molecule has 0 spiro atoms. The molecule has 0 aromatic rings. The van der Waals surface area contributed by atoms with Crippen molar-refractivity contribution in [2.75, 3.05) is 32.8 Å². The van der Waals surface area contributed by atoms with Gasteiger partial charge in [0.15, 0.2) is 5.96 Å². The number of aliphatic hydroxyl groups is 1. The van der Waals surface area contributed by atoms with Gasteiger partial charge < -0.3 is 20.5 Å². The first-order valence-corrected chi connectivity index (χ1v) is 8.54. The van der Waals surface area contributed by atoms with Gasteiger partial charge in [0.2, 0.25) is 0 Å². The summed E-state index contributed by atoms with van der Waals surface area (Å²) in [6.45, 7) is 5.99. The molecule has 6 heteroatoms. The second-order valence-corrected chi connectivity index (χ2v) is 6.43. The van der Waals surface area contributed by atoms with Crippen molar-refractivity contribution in [2.45, 2.75) is 57.5 Å². The Hall–Kier alpha value is -0.0800. The Morgan fingerprint density at radius 2 is 2.00 bits per heavy atom. The van der Waals surface area contributed by atoms with E-state index in [9.17, 15) is 5.11 Å². The first-order valence-electron chi connectivity index (χ1n) is 8.54. The Labute approximate surface area is 151 Å². The van der Waals surface area contributed by atoms with Crippen LogP contribution in [0.15, 0.2) is 4.99 Å². The average Bonchev–Trinajstić information content (AvgIpc) is 3.20. The Kier molecular flexibility index (Phi) is 9.66. The molecule has 3 N–H and O–H groups in total. The molecule has 0 radical (unpaired) electrons. The van der Waals surface area contributed by atoms with Crippen molar-refractivity contribution in [3.05, 3.63) is 0 Å². The molecule has 2 aliphatic carbocycles. The summed E-state index contributed by atoms with van der Waals surface area (Å²) in [6, 6.07) is 0. The van der Waals surface area contributed by atoms with E-state index in [1.165, 1.54) is 12.8 Å². The number of nitrogens with zero attached hydrogens (tertiary/aromatic N) is 1. The molecule has 22 heavy (non-hydrogen) atoms. The number of guanidine groups is 1. The highest BCUT2D eigenvalue weighted by Crippen LogP contribution is 2.29. The maximum atomic E-state index is 10.3. The second kappa shape index (κ2) is 10.6. The quantitative estimate of drug-likeness (QED) is 0.230. The zero-order valence-corrected chi connectivity index (χ0v) is 16.1. The fraction of sp³-hybridized carbons (Fsp3) is 0.938. The van der Waals surface area contributed by atoms with Gasteiger partial charge in [-0.1, -0.05) is 12.8 Å². The molecule has 0 aromatic heterocycles. The van der Waals surface area contributed by atoms with Crippen molar-refractivity contribution in [1.29, 1.82) is 0 Å². The third-order valence-electron chi connectivity index (χ3n) is 4.22. The number of ether oxygens (including phenoxy) is 1. The van der Waals surface area contributed by atoms with Gasteiger partial charge >= 0.3 is 0 Å². The molecule has 130 valence electrons. The summed E-state index contributed by atoms with van der Waals surface area (Å²) in [5.41, 5.74) is -0.574. The number of hydrogen-bond donors (Lipinski definition) is 3. The monoisotopic (exact) mass is 425 g/mol. The van der Waals surface area contributed by atoms with Crippen LogP contribution in [0.3, 0.4) is 0 Å². The summed E-state index contributed by atoms with van der Waals surface area (Å²) in [7, 11) is 0. The van der Waals surface area contributed by atoms with Gasteiger partial charge in [0, 0.05) is 26.3 Å². The molecule has 0 bridgehead atoms. The van der Waals surface area contributed by atoms with Crippen LogP contribution in [0.25, 0.3) is 0 Å². The summed E-state index contributed by atoms with van der Waals surface area (Å²) in [5, 5.41) is 16.9. The van der Waals surface area contributed by atoms with Crippen molar-refractivity contribution in [1.82, 2.24) is 10.6 Å². The van der Waals surface area contributed by atoms with E-state index >= 15 is 0 Å². The van der Waals surface area contributed by atoms with Gasteiger partial charge in [-0.2, -0.15) is 0 Å². The number of aliphatic imine (C=N–C) groups is 1. The molecule has 0 aromatic carbocycles. The van der Waals surface area contributed by atoms with Crippen molar-refractivity contribution in [2.24, 2.45) is 10.9 Å². The first kappa shape index (κ1) is 20.0. The van der Waals surface area contributed by atoms with E-state index in [-0.39, 0.29) is 24.0 Å². The van der Waals surface area contributed by atoms with E-state index in [2.05, 4.69) is 22.5 Å². The number of rotatable bonds is 9. The van der Waals surface area contributed by atoms with Crippen LogP contribution in [0.5, 0.6) is 0 Å². The van der Waals surface area contributed by atoms with Crippen LogP contribution >= 0.6 is 24.0 Å². The van der Waals surface area contributed by atoms with E-state index in [0.717, 1.165) is 70.3 Å². The summed E-state index contributed by atoms with van der Waals surface area (Å²) < 4.78 is 5.62. The highest BCUT2D eigenvalue weighted by atomic mass is 127. The Morgan fingerprint density at radius 3 is 2.64 bits per heavy atom. The third kappa shape index (κ3) is 7.97. The molecule has 2 fully saturated rings. The summed E-state index contributed by atoms with van der Waals surface area (Å²) in [6.07, 6.45) is 7.68. The predicted octanol–water partition coefficient (Wildman–Crippen LogP) is 2.28. The smallest absolute Gasteiger partial charge is 0.191 e. The minimum Gasteiger partial charge on any atom is -0.388 e. The molecule has 2 aliphatic rings. The molecule has 0 aliphatic heterocycles. The van der Waals surface area contributed by atoms with Gasteiger partial charge in [-0.05, 0) is 44.9 Å². The number of halogens is 1. The Bertz CT molecular complexity index is 329. The summed E-state index contributed by atoms with van der Waals surface area (Å²) >= 11 is 0. The molecule has 2 saturated carbocycles. The Morgan fingerprint density at radius 1 is 1.27 bits per heavy atom. The van der Waals surface area contributed by atoms with Crippen LogP contribution in [0, 0.1) is 5.92 Å². The SMILES string of the molecule is CCNC(=NCC1(O)CCCC1)NCCCOCC1CC1.I. The van der Waals surface area contributed by atoms with Crippen LogP contribution in [-0.4, -0.2) is 49.5 Å². The standard InChI is InChI=1S/C16H31N3O2.HI/c1-2-17-15(19-13-16(20)8-3-4-9-16)18-10-5-11-21-12-14-6-7-14;/h14,20H,2-13H2,1H3,(H2,17,18,19);1H. The predicted molar refractivity (Wildman–Crippen MR) is 101 cm³/mol. The number of nitrogens with one attached hydrogen (secondary N) is 2. The lowest BCUT2D eigenvalue weighted by Gasteiger charge is -2.20. The molecule has 0 atom stereocenters. The highest BCUT2D eigenvalue weighted by molar-refractivity contribution is 14.0. The molecule has 0 unspecified atom stereocenters. The first-order chi connectivity index (χ1) is 10.2. The van der Waals surface area contributed by atoms with Crippen LogP contribution in [-0.2, 0) is 4.74 Å². The van der Waals surface area contributed by atoms with Crippen molar-refractivity contribution < 1.29 is 9.84 Å². The zero-order chi connectivity index (χ0) is 15.0. The maximum Gasteiger partial charge on any atom is 0.191 e. The van der Waals surface area contributed by atoms with Crippen molar-refractivity contribution in [3.63, 3.8) is 0 Å². The van der Waals surface area contributed by atoms with Gasteiger partial charge in [0.1, 0.15) is 0 Å². The minimum absolute atomic E-state index is 0. The average molecular weight is 425 g/mol. The van der Waals surface area contributed by atoms with Gasteiger partial charge in [-0.15, -0.1) is 24.0 Å². The molecule has 0 saturated heterocycles. The van der Waals surface area contributed by atoms with Crippen LogP contribution < -0.4 is 10.6 Å². The van der Waals surface area contributed by atoms with E-state index in [4.69, 9.17) is 4.74 Å². The molecule has 0 heterocycles. The Balaban J connectivity index is 0.00000242. The fourth-order valence-corrected chi connectivity index (χ4v) is 2.67. The molecule has 0 amide bonds. The van der Waals surface area contributed by atoms with E-state index in [0.29, 0.717) is 6.54 Å². The van der Waals surface area contributed by atoms with Gasteiger partial charge in [-0.25, -0.2) is 0 Å². The van der Waals surface area contributed by atoms with Crippen LogP contribution in [0.4, 0.5) is 0 Å². The van der Waals surface area contributed by atoms with E-state index < -0.39 is 5.60 Å². The lowest BCUT2D eigenvalue weighted by molar-refractivity contribution is 0.0574. The van der Waals surface area contributed by atoms with E-state index in [1.807, 2.05) is 0 Å². The van der Waals surface area contributed by atoms with Crippen LogP contribution in [0.2, 0.25) is 0 Å². The summed E-state index contributed by atoms with van der Waals surface area (Å²) in [5.74, 6) is 1.64. The highest BCUT2D eigenvalue weighted by Gasteiger charge is 2.30. The topological polar surface area (TPSA) is 65.9 Å². The summed E-state index contributed by atoms with van der Waals surface area (Å²) in [4.78, 5) is 4.53. The molecular weight excluding hydrogens is 393 g/mol. The van der Waals surface area contributed by atoms with Crippen molar-refractivity contribution in [3.8, 4) is 0 Å². The largest absolute Gasteiger partial charge is 0.388 e. The second-order valence-electron chi connectivity index (χ2n) is 6.43. The fourth-order valence-electron chi connectivity index (χ4n) is 2.67. The lowest BCUT2D eigenvalue weighted by Crippen LogP contribution is -2.40. The lowest BCUT2D eigenvalue weighted by atomic mass is 10.0.